The molecule has 0 aromatic heterocycles. The van der Waals surface area contributed by atoms with Crippen molar-refractivity contribution in [1.82, 2.24) is 4.90 Å². The first-order chi connectivity index (χ1) is 8.17. The molecule has 2 nitrogen and oxygen atoms in total. The fraction of sp³-hybridized carbons (Fsp3) is 0.571. The van der Waals surface area contributed by atoms with Crippen molar-refractivity contribution in [2.45, 2.75) is 32.9 Å². The fourth-order valence-corrected chi connectivity index (χ4v) is 1.91. The van der Waals surface area contributed by atoms with Crippen molar-refractivity contribution >= 4 is 11.6 Å². The predicted octanol–water partition coefficient (Wildman–Crippen LogP) is 3.53. The van der Waals surface area contributed by atoms with E-state index in [0.29, 0.717) is 6.04 Å². The molecule has 96 valence electrons. The van der Waals surface area contributed by atoms with Crippen LogP contribution in [0.5, 0.6) is 5.75 Å². The lowest BCUT2D eigenvalue weighted by molar-refractivity contribution is 0.213. The minimum Gasteiger partial charge on any atom is -0.497 e. The monoisotopic (exact) mass is 255 g/mol. The van der Waals surface area contributed by atoms with Gasteiger partial charge in [0.15, 0.2) is 0 Å². The molecular formula is C14H22ClNO. The Labute approximate surface area is 110 Å². The maximum absolute atomic E-state index is 5.75. The lowest BCUT2D eigenvalue weighted by Gasteiger charge is -2.26. The molecule has 0 aliphatic heterocycles. The number of methoxy groups -OCH3 is 1. The van der Waals surface area contributed by atoms with E-state index in [4.69, 9.17) is 16.3 Å². The number of nitrogens with zero attached hydrogens (tertiary/aromatic N) is 1. The Morgan fingerprint density at radius 3 is 2.71 bits per heavy atom. The van der Waals surface area contributed by atoms with Gasteiger partial charge < -0.3 is 4.74 Å². The van der Waals surface area contributed by atoms with Gasteiger partial charge in [-0.1, -0.05) is 12.1 Å². The van der Waals surface area contributed by atoms with Gasteiger partial charge >= 0.3 is 0 Å². The summed E-state index contributed by atoms with van der Waals surface area (Å²) in [5.74, 6) is 1.64. The average Bonchev–Trinajstić information content (AvgIpc) is 2.34. The molecule has 0 atom stereocenters. The van der Waals surface area contributed by atoms with E-state index in [2.05, 4.69) is 30.9 Å². The second-order valence-electron chi connectivity index (χ2n) is 4.46. The third kappa shape index (κ3) is 4.97. The summed E-state index contributed by atoms with van der Waals surface area (Å²) >= 11 is 5.75. The van der Waals surface area contributed by atoms with Crippen molar-refractivity contribution < 1.29 is 4.74 Å². The molecule has 0 aliphatic rings. The quantitative estimate of drug-likeness (QED) is 0.691. The normalized spacial score (nSPS) is 11.2. The van der Waals surface area contributed by atoms with Gasteiger partial charge in [-0.05, 0) is 44.5 Å². The predicted molar refractivity (Wildman–Crippen MR) is 73.9 cm³/mol. The maximum Gasteiger partial charge on any atom is 0.119 e. The van der Waals surface area contributed by atoms with E-state index >= 15 is 0 Å². The van der Waals surface area contributed by atoms with E-state index in [1.54, 1.807) is 7.11 Å². The molecule has 0 N–H and O–H groups in total. The van der Waals surface area contributed by atoms with Crippen molar-refractivity contribution in [3.05, 3.63) is 29.8 Å². The number of hydrogen-bond donors (Lipinski definition) is 0. The van der Waals surface area contributed by atoms with Gasteiger partial charge in [-0.3, -0.25) is 4.90 Å². The van der Waals surface area contributed by atoms with Crippen LogP contribution in [0.15, 0.2) is 24.3 Å². The summed E-state index contributed by atoms with van der Waals surface area (Å²) in [7, 11) is 1.70. The molecule has 0 bridgehead atoms. The molecule has 0 heterocycles. The summed E-state index contributed by atoms with van der Waals surface area (Å²) in [6.45, 7) is 6.42. The number of halogens is 1. The zero-order valence-electron chi connectivity index (χ0n) is 10.9. The first-order valence-electron chi connectivity index (χ1n) is 6.10. The lowest BCUT2D eigenvalue weighted by Crippen LogP contribution is -2.31. The van der Waals surface area contributed by atoms with Crippen molar-refractivity contribution in [3.8, 4) is 5.75 Å². The van der Waals surface area contributed by atoms with Gasteiger partial charge in [0.05, 0.1) is 7.11 Å². The van der Waals surface area contributed by atoms with Gasteiger partial charge in [-0.15, -0.1) is 11.6 Å². The van der Waals surface area contributed by atoms with Crippen LogP contribution in [-0.2, 0) is 6.54 Å². The van der Waals surface area contributed by atoms with E-state index < -0.39 is 0 Å². The molecule has 0 saturated heterocycles. The van der Waals surface area contributed by atoms with E-state index in [9.17, 15) is 0 Å². The minimum absolute atomic E-state index is 0.532. The number of ether oxygens (including phenoxy) is 1. The zero-order chi connectivity index (χ0) is 12.7. The van der Waals surface area contributed by atoms with Crippen LogP contribution >= 0.6 is 11.6 Å². The lowest BCUT2D eigenvalue weighted by atomic mass is 10.1. The average molecular weight is 256 g/mol. The molecule has 0 spiro atoms. The Hall–Kier alpha value is -0.730. The van der Waals surface area contributed by atoms with E-state index in [1.807, 2.05) is 12.1 Å². The van der Waals surface area contributed by atoms with E-state index in [0.717, 1.165) is 31.1 Å². The standard InChI is InChI=1S/C14H22ClNO/c1-12(2)16(9-5-8-15)11-13-6-4-7-14(10-13)17-3/h4,6-7,10,12H,5,8-9,11H2,1-3H3. The number of alkyl halides is 1. The Balaban J connectivity index is 2.64. The van der Waals surface area contributed by atoms with Crippen LogP contribution in [0, 0.1) is 0 Å². The Bertz CT molecular complexity index is 328. The second kappa shape index (κ2) is 7.57. The van der Waals surface area contributed by atoms with Crippen LogP contribution in [0.4, 0.5) is 0 Å². The first kappa shape index (κ1) is 14.3. The van der Waals surface area contributed by atoms with E-state index in [1.165, 1.54) is 5.56 Å². The third-order valence-electron chi connectivity index (χ3n) is 2.83. The van der Waals surface area contributed by atoms with Crippen molar-refractivity contribution in [3.63, 3.8) is 0 Å². The number of rotatable bonds is 7. The molecule has 0 radical (unpaired) electrons. The number of hydrogen-bond acceptors (Lipinski definition) is 2. The summed E-state index contributed by atoms with van der Waals surface area (Å²) in [6, 6.07) is 8.77. The van der Waals surface area contributed by atoms with Crippen molar-refractivity contribution in [2.24, 2.45) is 0 Å². The highest BCUT2D eigenvalue weighted by Gasteiger charge is 2.09. The number of benzene rings is 1. The smallest absolute Gasteiger partial charge is 0.119 e. The molecule has 17 heavy (non-hydrogen) atoms. The minimum atomic E-state index is 0.532. The van der Waals surface area contributed by atoms with Crippen LogP contribution in [0.1, 0.15) is 25.8 Å². The Morgan fingerprint density at radius 2 is 2.12 bits per heavy atom. The Kier molecular flexibility index (Phi) is 6.38. The molecule has 1 rings (SSSR count). The molecule has 3 heteroatoms. The third-order valence-corrected chi connectivity index (χ3v) is 3.10. The summed E-state index contributed by atoms with van der Waals surface area (Å²) in [6.07, 6.45) is 1.03. The molecule has 0 saturated carbocycles. The van der Waals surface area contributed by atoms with Gasteiger partial charge in [0.2, 0.25) is 0 Å². The zero-order valence-corrected chi connectivity index (χ0v) is 11.7. The van der Waals surface area contributed by atoms with E-state index in [-0.39, 0.29) is 0 Å². The molecule has 0 aliphatic carbocycles. The summed E-state index contributed by atoms with van der Waals surface area (Å²) < 4.78 is 5.24. The van der Waals surface area contributed by atoms with Crippen LogP contribution in [-0.4, -0.2) is 30.5 Å². The summed E-state index contributed by atoms with van der Waals surface area (Å²) in [4.78, 5) is 2.43. The Morgan fingerprint density at radius 1 is 1.35 bits per heavy atom. The summed E-state index contributed by atoms with van der Waals surface area (Å²) in [5, 5.41) is 0. The highest BCUT2D eigenvalue weighted by Crippen LogP contribution is 2.15. The summed E-state index contributed by atoms with van der Waals surface area (Å²) in [5.41, 5.74) is 1.28. The molecule has 0 fully saturated rings. The van der Waals surface area contributed by atoms with Gasteiger partial charge in [-0.2, -0.15) is 0 Å². The van der Waals surface area contributed by atoms with Crippen LogP contribution < -0.4 is 4.74 Å². The molecule has 0 amide bonds. The molecule has 0 unspecified atom stereocenters. The highest BCUT2D eigenvalue weighted by atomic mass is 35.5. The first-order valence-corrected chi connectivity index (χ1v) is 6.63. The van der Waals surface area contributed by atoms with Gasteiger partial charge in [0.1, 0.15) is 5.75 Å². The van der Waals surface area contributed by atoms with Gasteiger partial charge in [0, 0.05) is 18.5 Å². The second-order valence-corrected chi connectivity index (χ2v) is 4.84. The fourth-order valence-electron chi connectivity index (χ4n) is 1.79. The SMILES string of the molecule is COc1cccc(CN(CCCCl)C(C)C)c1. The molecule has 1 aromatic carbocycles. The van der Waals surface area contributed by atoms with Crippen molar-refractivity contribution in [2.75, 3.05) is 19.5 Å². The van der Waals surface area contributed by atoms with Crippen LogP contribution in [0.25, 0.3) is 0 Å². The van der Waals surface area contributed by atoms with Crippen molar-refractivity contribution in [1.29, 1.82) is 0 Å². The molecular weight excluding hydrogens is 234 g/mol. The van der Waals surface area contributed by atoms with Gasteiger partial charge in [-0.25, -0.2) is 0 Å². The highest BCUT2D eigenvalue weighted by molar-refractivity contribution is 6.17. The maximum atomic E-state index is 5.75. The molecule has 1 aromatic rings. The van der Waals surface area contributed by atoms with Gasteiger partial charge in [0.25, 0.3) is 0 Å². The van der Waals surface area contributed by atoms with Crippen LogP contribution in [0.2, 0.25) is 0 Å². The van der Waals surface area contributed by atoms with Crippen LogP contribution in [0.3, 0.4) is 0 Å². The topological polar surface area (TPSA) is 12.5 Å². The largest absolute Gasteiger partial charge is 0.497 e.